The lowest BCUT2D eigenvalue weighted by Crippen LogP contribution is -2.34. The van der Waals surface area contributed by atoms with Gasteiger partial charge in [0.15, 0.2) is 0 Å². The standard InChI is InChI=1S/C22H21N3O3/c1-16-12-13-19(24-21(27)18-10-6-3-7-11-18)22(28)25(16)15-20(26)23-14-17-8-4-2-5-9-17/h2-13H,14-15H2,1H3,(H,23,26)(H,24,27). The van der Waals surface area contributed by atoms with Crippen molar-refractivity contribution in [2.75, 3.05) is 5.32 Å². The highest BCUT2D eigenvalue weighted by Gasteiger charge is 2.13. The van der Waals surface area contributed by atoms with Crippen LogP contribution in [0.15, 0.2) is 77.6 Å². The van der Waals surface area contributed by atoms with E-state index >= 15 is 0 Å². The van der Waals surface area contributed by atoms with Crippen molar-refractivity contribution in [3.05, 3.63) is 100.0 Å². The molecular weight excluding hydrogens is 354 g/mol. The summed E-state index contributed by atoms with van der Waals surface area (Å²) in [5.74, 6) is -0.651. The van der Waals surface area contributed by atoms with Gasteiger partial charge in [0.2, 0.25) is 5.91 Å². The van der Waals surface area contributed by atoms with E-state index in [9.17, 15) is 14.4 Å². The van der Waals surface area contributed by atoms with Gasteiger partial charge >= 0.3 is 0 Å². The molecule has 2 amide bonds. The van der Waals surface area contributed by atoms with Crippen LogP contribution in [0, 0.1) is 6.92 Å². The van der Waals surface area contributed by atoms with E-state index in [0.29, 0.717) is 17.8 Å². The summed E-state index contributed by atoms with van der Waals surface area (Å²) in [6, 6.07) is 21.4. The molecule has 2 N–H and O–H groups in total. The van der Waals surface area contributed by atoms with Crippen molar-refractivity contribution in [3.63, 3.8) is 0 Å². The molecule has 28 heavy (non-hydrogen) atoms. The van der Waals surface area contributed by atoms with Crippen molar-refractivity contribution in [3.8, 4) is 0 Å². The molecule has 0 spiro atoms. The van der Waals surface area contributed by atoms with Gasteiger partial charge in [-0.25, -0.2) is 0 Å². The molecule has 0 aliphatic heterocycles. The average molecular weight is 375 g/mol. The second-order valence-corrected chi connectivity index (χ2v) is 6.36. The number of carbonyl (C=O) groups is 2. The molecule has 1 heterocycles. The summed E-state index contributed by atoms with van der Waals surface area (Å²) in [5, 5.41) is 5.42. The summed E-state index contributed by atoms with van der Waals surface area (Å²) in [6.07, 6.45) is 0. The van der Waals surface area contributed by atoms with Gasteiger partial charge in [-0.15, -0.1) is 0 Å². The molecule has 0 atom stereocenters. The van der Waals surface area contributed by atoms with Crippen LogP contribution >= 0.6 is 0 Å². The Labute approximate surface area is 162 Å². The maximum Gasteiger partial charge on any atom is 0.274 e. The number of carbonyl (C=O) groups excluding carboxylic acids is 2. The number of nitrogens with zero attached hydrogens (tertiary/aromatic N) is 1. The molecule has 0 unspecified atom stereocenters. The zero-order chi connectivity index (χ0) is 19.9. The van der Waals surface area contributed by atoms with Crippen molar-refractivity contribution < 1.29 is 9.59 Å². The third-order valence-electron chi connectivity index (χ3n) is 4.31. The number of pyridine rings is 1. The number of hydrogen-bond donors (Lipinski definition) is 2. The molecule has 3 aromatic rings. The van der Waals surface area contributed by atoms with Gasteiger partial charge in [-0.1, -0.05) is 48.5 Å². The van der Waals surface area contributed by atoms with Gasteiger partial charge in [0.1, 0.15) is 12.2 Å². The molecule has 2 aromatic carbocycles. The first-order valence-electron chi connectivity index (χ1n) is 8.92. The Morgan fingerprint density at radius 1 is 0.893 bits per heavy atom. The first-order valence-corrected chi connectivity index (χ1v) is 8.92. The topological polar surface area (TPSA) is 80.2 Å². The smallest absolute Gasteiger partial charge is 0.274 e. The minimum Gasteiger partial charge on any atom is -0.350 e. The van der Waals surface area contributed by atoms with Crippen LogP contribution in [0.2, 0.25) is 0 Å². The SMILES string of the molecule is Cc1ccc(NC(=O)c2ccccc2)c(=O)n1CC(=O)NCc1ccccc1. The molecule has 0 aliphatic carbocycles. The molecule has 6 nitrogen and oxygen atoms in total. The lowest BCUT2D eigenvalue weighted by atomic mass is 10.2. The third-order valence-corrected chi connectivity index (χ3v) is 4.31. The van der Waals surface area contributed by atoms with Gasteiger partial charge in [-0.3, -0.25) is 14.4 Å². The maximum absolute atomic E-state index is 12.7. The predicted molar refractivity (Wildman–Crippen MR) is 108 cm³/mol. The van der Waals surface area contributed by atoms with Crippen molar-refractivity contribution in [1.29, 1.82) is 0 Å². The molecule has 0 aliphatic rings. The molecule has 1 aromatic heterocycles. The van der Waals surface area contributed by atoms with E-state index in [1.807, 2.05) is 36.4 Å². The lowest BCUT2D eigenvalue weighted by Gasteiger charge is -2.13. The number of rotatable bonds is 6. The highest BCUT2D eigenvalue weighted by molar-refractivity contribution is 6.04. The molecule has 0 radical (unpaired) electrons. The quantitative estimate of drug-likeness (QED) is 0.695. The first-order chi connectivity index (χ1) is 13.5. The molecule has 0 saturated heterocycles. The third kappa shape index (κ3) is 4.73. The van der Waals surface area contributed by atoms with E-state index in [2.05, 4.69) is 10.6 Å². The van der Waals surface area contributed by atoms with Gasteiger partial charge in [-0.2, -0.15) is 0 Å². The van der Waals surface area contributed by atoms with Crippen molar-refractivity contribution >= 4 is 17.5 Å². The van der Waals surface area contributed by atoms with Crippen molar-refractivity contribution in [2.24, 2.45) is 0 Å². The molecule has 0 fully saturated rings. The van der Waals surface area contributed by atoms with Gasteiger partial charge in [0.05, 0.1) is 0 Å². The highest BCUT2D eigenvalue weighted by atomic mass is 16.2. The Hall–Kier alpha value is -3.67. The lowest BCUT2D eigenvalue weighted by molar-refractivity contribution is -0.121. The van der Waals surface area contributed by atoms with E-state index in [0.717, 1.165) is 5.56 Å². The molecular formula is C22H21N3O3. The van der Waals surface area contributed by atoms with Gasteiger partial charge in [0, 0.05) is 17.8 Å². The summed E-state index contributed by atoms with van der Waals surface area (Å²) < 4.78 is 1.35. The Balaban J connectivity index is 1.71. The number of hydrogen-bond acceptors (Lipinski definition) is 3. The zero-order valence-corrected chi connectivity index (χ0v) is 15.5. The normalized spacial score (nSPS) is 10.3. The van der Waals surface area contributed by atoms with Gasteiger partial charge < -0.3 is 15.2 Å². The van der Waals surface area contributed by atoms with Gasteiger partial charge in [0.25, 0.3) is 11.5 Å². The number of anilines is 1. The van der Waals surface area contributed by atoms with Crippen LogP contribution in [0.3, 0.4) is 0 Å². The molecule has 3 rings (SSSR count). The maximum atomic E-state index is 12.7. The number of aryl methyl sites for hydroxylation is 1. The Bertz CT molecular complexity index is 1030. The molecule has 0 saturated carbocycles. The highest BCUT2D eigenvalue weighted by Crippen LogP contribution is 2.07. The van der Waals surface area contributed by atoms with E-state index < -0.39 is 5.56 Å². The fourth-order valence-corrected chi connectivity index (χ4v) is 2.74. The van der Waals surface area contributed by atoms with Crippen LogP contribution in [0.1, 0.15) is 21.6 Å². The minimum atomic E-state index is -0.417. The Kier molecular flexibility index (Phi) is 6.01. The average Bonchev–Trinajstić information content (AvgIpc) is 2.73. The van der Waals surface area contributed by atoms with Crippen LogP contribution < -0.4 is 16.2 Å². The summed E-state index contributed by atoms with van der Waals surface area (Å²) >= 11 is 0. The summed E-state index contributed by atoms with van der Waals surface area (Å²) in [4.78, 5) is 37.3. The second-order valence-electron chi connectivity index (χ2n) is 6.36. The second kappa shape index (κ2) is 8.81. The number of benzene rings is 2. The Morgan fingerprint density at radius 3 is 2.21 bits per heavy atom. The zero-order valence-electron chi connectivity index (χ0n) is 15.5. The minimum absolute atomic E-state index is 0.119. The van der Waals surface area contributed by atoms with E-state index in [1.54, 1.807) is 43.3 Å². The first kappa shape index (κ1) is 19.1. The summed E-state index contributed by atoms with van der Waals surface area (Å²) in [5.41, 5.74) is 1.78. The fourth-order valence-electron chi connectivity index (χ4n) is 2.74. The van der Waals surface area contributed by atoms with Crippen molar-refractivity contribution in [2.45, 2.75) is 20.0 Å². The van der Waals surface area contributed by atoms with Crippen LogP contribution in [0.5, 0.6) is 0 Å². The van der Waals surface area contributed by atoms with Crippen LogP contribution in [0.25, 0.3) is 0 Å². The van der Waals surface area contributed by atoms with Crippen LogP contribution in [-0.2, 0) is 17.9 Å². The van der Waals surface area contributed by atoms with Crippen LogP contribution in [-0.4, -0.2) is 16.4 Å². The van der Waals surface area contributed by atoms with Crippen LogP contribution in [0.4, 0.5) is 5.69 Å². The monoisotopic (exact) mass is 375 g/mol. The summed E-state index contributed by atoms with van der Waals surface area (Å²) in [7, 11) is 0. The molecule has 142 valence electrons. The number of nitrogens with one attached hydrogen (secondary N) is 2. The van der Waals surface area contributed by atoms with Gasteiger partial charge in [-0.05, 0) is 36.8 Å². The summed E-state index contributed by atoms with van der Waals surface area (Å²) in [6.45, 7) is 2.01. The number of aromatic nitrogens is 1. The molecule has 6 heteroatoms. The Morgan fingerprint density at radius 2 is 1.54 bits per heavy atom. The molecule has 0 bridgehead atoms. The predicted octanol–water partition coefficient (Wildman–Crippen LogP) is 2.73. The van der Waals surface area contributed by atoms with E-state index in [-0.39, 0.29) is 24.0 Å². The number of amides is 2. The van der Waals surface area contributed by atoms with Crippen molar-refractivity contribution in [1.82, 2.24) is 9.88 Å². The van der Waals surface area contributed by atoms with E-state index in [4.69, 9.17) is 0 Å². The fraction of sp³-hybridized carbons (Fsp3) is 0.136. The van der Waals surface area contributed by atoms with E-state index in [1.165, 1.54) is 4.57 Å². The largest absolute Gasteiger partial charge is 0.350 e.